The summed E-state index contributed by atoms with van der Waals surface area (Å²) < 4.78 is 5.32. The second-order valence-electron chi connectivity index (χ2n) is 6.86. The smallest absolute Gasteiger partial charge is 0.320 e. The summed E-state index contributed by atoms with van der Waals surface area (Å²) >= 11 is 0. The van der Waals surface area contributed by atoms with Gasteiger partial charge in [0.15, 0.2) is 0 Å². The van der Waals surface area contributed by atoms with Crippen LogP contribution in [0.4, 0.5) is 4.79 Å². The first-order valence-electron chi connectivity index (χ1n) is 7.72. The lowest BCUT2D eigenvalue weighted by atomic mass is 9.93. The maximum Gasteiger partial charge on any atom is 0.320 e. The highest BCUT2D eigenvalue weighted by Gasteiger charge is 2.42. The lowest BCUT2D eigenvalue weighted by Crippen LogP contribution is -2.52. The van der Waals surface area contributed by atoms with Gasteiger partial charge in [-0.3, -0.25) is 4.79 Å². The van der Waals surface area contributed by atoms with E-state index in [1.54, 1.807) is 4.90 Å². The average Bonchev–Trinajstić information content (AvgIpc) is 3.01. The van der Waals surface area contributed by atoms with Crippen molar-refractivity contribution in [2.24, 2.45) is 11.3 Å². The molecule has 120 valence electrons. The predicted octanol–water partition coefficient (Wildman–Crippen LogP) is 1.65. The Bertz CT molecular complexity index is 410. The van der Waals surface area contributed by atoms with E-state index in [1.165, 1.54) is 0 Å². The molecule has 2 amide bonds. The Hall–Kier alpha value is -1.30. The zero-order valence-electron chi connectivity index (χ0n) is 13.2. The summed E-state index contributed by atoms with van der Waals surface area (Å²) in [5.74, 6) is -1.50. The number of carboxylic acid groups (broad SMARTS) is 1. The van der Waals surface area contributed by atoms with Gasteiger partial charge in [0.1, 0.15) is 5.92 Å². The topological polar surface area (TPSA) is 70.1 Å². The monoisotopic (exact) mass is 298 g/mol. The van der Waals surface area contributed by atoms with Crippen LogP contribution in [0.2, 0.25) is 0 Å². The molecule has 1 N–H and O–H groups in total. The van der Waals surface area contributed by atoms with Crippen LogP contribution in [0.3, 0.4) is 0 Å². The first-order valence-corrected chi connectivity index (χ1v) is 7.72. The maximum atomic E-state index is 12.8. The van der Waals surface area contributed by atoms with E-state index in [2.05, 4.69) is 13.8 Å². The SMILES string of the molecule is CCCN(C(=O)N1CCC(C)(C)C1)C1COCC1C(=O)O. The molecule has 2 heterocycles. The van der Waals surface area contributed by atoms with Crippen LogP contribution in [0.25, 0.3) is 0 Å². The van der Waals surface area contributed by atoms with Crippen molar-refractivity contribution in [1.29, 1.82) is 0 Å². The molecular formula is C15H26N2O4. The zero-order valence-corrected chi connectivity index (χ0v) is 13.2. The van der Waals surface area contributed by atoms with Crippen molar-refractivity contribution < 1.29 is 19.4 Å². The molecule has 6 heteroatoms. The van der Waals surface area contributed by atoms with E-state index in [4.69, 9.17) is 4.74 Å². The normalized spacial score (nSPS) is 27.9. The van der Waals surface area contributed by atoms with Crippen molar-refractivity contribution in [3.8, 4) is 0 Å². The summed E-state index contributed by atoms with van der Waals surface area (Å²) in [6.07, 6.45) is 1.80. The Morgan fingerprint density at radius 1 is 1.38 bits per heavy atom. The molecule has 2 rings (SSSR count). The minimum atomic E-state index is -0.881. The predicted molar refractivity (Wildman–Crippen MR) is 78.1 cm³/mol. The number of likely N-dealkylation sites (tertiary alicyclic amines) is 1. The molecule has 0 aliphatic carbocycles. The van der Waals surface area contributed by atoms with Crippen LogP contribution in [0.15, 0.2) is 0 Å². The molecule has 0 bridgehead atoms. The molecule has 2 atom stereocenters. The van der Waals surface area contributed by atoms with E-state index in [-0.39, 0.29) is 24.1 Å². The molecule has 0 spiro atoms. The molecular weight excluding hydrogens is 272 g/mol. The van der Waals surface area contributed by atoms with Gasteiger partial charge in [-0.05, 0) is 18.3 Å². The van der Waals surface area contributed by atoms with E-state index < -0.39 is 11.9 Å². The third-order valence-electron chi connectivity index (χ3n) is 4.43. The highest BCUT2D eigenvalue weighted by Crippen LogP contribution is 2.30. The number of nitrogens with zero attached hydrogens (tertiary/aromatic N) is 2. The van der Waals surface area contributed by atoms with Gasteiger partial charge in [-0.1, -0.05) is 20.8 Å². The van der Waals surface area contributed by atoms with Crippen LogP contribution in [-0.2, 0) is 9.53 Å². The zero-order chi connectivity index (χ0) is 15.6. The Morgan fingerprint density at radius 3 is 2.62 bits per heavy atom. The van der Waals surface area contributed by atoms with Crippen LogP contribution >= 0.6 is 0 Å². The molecule has 2 aliphatic heterocycles. The largest absolute Gasteiger partial charge is 0.481 e. The van der Waals surface area contributed by atoms with Gasteiger partial charge < -0.3 is 19.6 Å². The van der Waals surface area contributed by atoms with Crippen molar-refractivity contribution in [3.05, 3.63) is 0 Å². The molecule has 2 unspecified atom stereocenters. The van der Waals surface area contributed by atoms with E-state index >= 15 is 0 Å². The fraction of sp³-hybridized carbons (Fsp3) is 0.867. The summed E-state index contributed by atoms with van der Waals surface area (Å²) in [6.45, 7) is 8.88. The van der Waals surface area contributed by atoms with Gasteiger partial charge in [-0.25, -0.2) is 4.79 Å². The highest BCUT2D eigenvalue weighted by atomic mass is 16.5. The lowest BCUT2D eigenvalue weighted by molar-refractivity contribution is -0.142. The van der Waals surface area contributed by atoms with Crippen LogP contribution in [0, 0.1) is 11.3 Å². The van der Waals surface area contributed by atoms with Crippen LogP contribution in [-0.4, -0.2) is 65.8 Å². The second kappa shape index (κ2) is 6.22. The van der Waals surface area contributed by atoms with Gasteiger partial charge in [-0.2, -0.15) is 0 Å². The fourth-order valence-electron chi connectivity index (χ4n) is 3.19. The van der Waals surface area contributed by atoms with Gasteiger partial charge >= 0.3 is 12.0 Å². The van der Waals surface area contributed by atoms with E-state index in [0.717, 1.165) is 25.9 Å². The van der Waals surface area contributed by atoms with Crippen molar-refractivity contribution in [1.82, 2.24) is 9.80 Å². The number of hydrogen-bond acceptors (Lipinski definition) is 3. The lowest BCUT2D eigenvalue weighted by Gasteiger charge is -2.34. The third-order valence-corrected chi connectivity index (χ3v) is 4.43. The number of rotatable bonds is 4. The Kier molecular flexibility index (Phi) is 4.76. The van der Waals surface area contributed by atoms with Crippen LogP contribution in [0.5, 0.6) is 0 Å². The van der Waals surface area contributed by atoms with Crippen molar-refractivity contribution in [2.45, 2.75) is 39.7 Å². The summed E-state index contributed by atoms with van der Waals surface area (Å²) in [5.41, 5.74) is 0.145. The number of urea groups is 1. The van der Waals surface area contributed by atoms with Gasteiger partial charge in [0.2, 0.25) is 0 Å². The summed E-state index contributed by atoms with van der Waals surface area (Å²) in [5, 5.41) is 9.30. The molecule has 6 nitrogen and oxygen atoms in total. The van der Waals surface area contributed by atoms with Crippen LogP contribution < -0.4 is 0 Å². The fourth-order valence-corrected chi connectivity index (χ4v) is 3.19. The minimum Gasteiger partial charge on any atom is -0.481 e. The number of carbonyl (C=O) groups excluding carboxylic acids is 1. The van der Waals surface area contributed by atoms with Gasteiger partial charge in [-0.15, -0.1) is 0 Å². The summed E-state index contributed by atoms with van der Waals surface area (Å²) in [4.78, 5) is 27.7. The Morgan fingerprint density at radius 2 is 2.10 bits per heavy atom. The first-order chi connectivity index (χ1) is 9.85. The molecule has 0 saturated carbocycles. The third kappa shape index (κ3) is 3.48. The Labute approximate surface area is 126 Å². The van der Waals surface area contributed by atoms with Crippen molar-refractivity contribution in [2.75, 3.05) is 32.8 Å². The number of amides is 2. The molecule has 2 fully saturated rings. The standard InChI is InChI=1S/C15H26N2O4/c1-4-6-17(12-9-21-8-11(12)13(18)19)14(20)16-7-5-15(2,3)10-16/h11-12H,4-10H2,1-3H3,(H,18,19). The summed E-state index contributed by atoms with van der Waals surface area (Å²) in [6, 6.07) is -0.386. The molecule has 0 radical (unpaired) electrons. The second-order valence-corrected chi connectivity index (χ2v) is 6.86. The van der Waals surface area contributed by atoms with E-state index in [1.807, 2.05) is 11.8 Å². The molecule has 0 aromatic heterocycles. The molecule has 0 aromatic carbocycles. The number of carboxylic acids is 1. The van der Waals surface area contributed by atoms with E-state index in [0.29, 0.717) is 13.2 Å². The molecule has 21 heavy (non-hydrogen) atoms. The first kappa shape index (κ1) is 16.1. The van der Waals surface area contributed by atoms with Crippen LogP contribution in [0.1, 0.15) is 33.6 Å². The number of ether oxygens (including phenoxy) is 1. The molecule has 0 aromatic rings. The number of carbonyl (C=O) groups is 2. The average molecular weight is 298 g/mol. The number of hydrogen-bond donors (Lipinski definition) is 1. The van der Waals surface area contributed by atoms with Crippen molar-refractivity contribution >= 4 is 12.0 Å². The molecule has 2 saturated heterocycles. The van der Waals surface area contributed by atoms with E-state index in [9.17, 15) is 14.7 Å². The van der Waals surface area contributed by atoms with Crippen molar-refractivity contribution in [3.63, 3.8) is 0 Å². The van der Waals surface area contributed by atoms with Gasteiger partial charge in [0.05, 0.1) is 19.3 Å². The quantitative estimate of drug-likeness (QED) is 0.857. The Balaban J connectivity index is 2.11. The number of aliphatic carboxylic acids is 1. The summed E-state index contributed by atoms with van der Waals surface area (Å²) in [7, 11) is 0. The minimum absolute atomic E-state index is 0.0378. The maximum absolute atomic E-state index is 12.8. The highest BCUT2D eigenvalue weighted by molar-refractivity contribution is 5.77. The van der Waals surface area contributed by atoms with Gasteiger partial charge in [0, 0.05) is 19.6 Å². The van der Waals surface area contributed by atoms with Gasteiger partial charge in [0.25, 0.3) is 0 Å². The molecule has 2 aliphatic rings.